The van der Waals surface area contributed by atoms with Crippen LogP contribution < -0.4 is 11.5 Å². The Balaban J connectivity index is 2.87. The highest BCUT2D eigenvalue weighted by Gasteiger charge is 2.46. The number of amides is 2. The van der Waals surface area contributed by atoms with Gasteiger partial charge >= 0.3 is 6.03 Å². The zero-order valence-corrected chi connectivity index (χ0v) is 9.51. The number of carbonyl (C=O) groups excluding carboxylic acids is 1. The minimum Gasteiger partial charge on any atom is -0.394 e. The number of carbonyl (C=O) groups is 1. The first-order valence-electron chi connectivity index (χ1n) is 5.09. The van der Waals surface area contributed by atoms with Crippen LogP contribution in [0.15, 0.2) is 17.8 Å². The van der Waals surface area contributed by atoms with E-state index in [0.717, 1.165) is 11.1 Å². The molecule has 1 aliphatic rings. The minimum atomic E-state index is -1.40. The number of aliphatic hydroxyl groups excluding tert-OH is 3. The van der Waals surface area contributed by atoms with Gasteiger partial charge in [-0.2, -0.15) is 4.99 Å². The standard InChI is InChI=1S/C9H16N4O5/c1-2-13(9(17)12-8(10)11)7-6(16)5(15)4(3-14)18-7/h2,4-7,14-16H,1,3H2,(H4,10,11,12,17)/t4-,5?,6?,7-/m1/s1. The molecule has 0 aliphatic carbocycles. The molecule has 0 aromatic rings. The Morgan fingerprint density at radius 2 is 2.06 bits per heavy atom. The highest BCUT2D eigenvalue weighted by Crippen LogP contribution is 2.24. The van der Waals surface area contributed by atoms with Crippen LogP contribution in [0.2, 0.25) is 0 Å². The molecule has 9 heteroatoms. The van der Waals surface area contributed by atoms with Gasteiger partial charge in [-0.1, -0.05) is 6.58 Å². The second-order valence-corrected chi connectivity index (χ2v) is 3.64. The van der Waals surface area contributed by atoms with Crippen molar-refractivity contribution in [3.05, 3.63) is 12.8 Å². The van der Waals surface area contributed by atoms with E-state index in [-0.39, 0.29) is 0 Å². The lowest BCUT2D eigenvalue weighted by Gasteiger charge is -2.25. The van der Waals surface area contributed by atoms with Crippen LogP contribution >= 0.6 is 0 Å². The number of ether oxygens (including phenoxy) is 1. The summed E-state index contributed by atoms with van der Waals surface area (Å²) in [5, 5.41) is 28.2. The molecule has 2 amide bonds. The summed E-state index contributed by atoms with van der Waals surface area (Å²) in [5.41, 5.74) is 10.1. The molecule has 9 nitrogen and oxygen atoms in total. The first-order chi connectivity index (χ1) is 8.42. The van der Waals surface area contributed by atoms with Crippen molar-refractivity contribution in [1.82, 2.24) is 4.90 Å². The van der Waals surface area contributed by atoms with Gasteiger partial charge in [0, 0.05) is 6.20 Å². The van der Waals surface area contributed by atoms with Crippen molar-refractivity contribution >= 4 is 12.0 Å². The highest BCUT2D eigenvalue weighted by molar-refractivity contribution is 5.91. The van der Waals surface area contributed by atoms with Crippen LogP contribution in [0, 0.1) is 0 Å². The molecular formula is C9H16N4O5. The maximum Gasteiger partial charge on any atom is 0.352 e. The molecule has 4 atom stereocenters. The van der Waals surface area contributed by atoms with Crippen molar-refractivity contribution < 1.29 is 24.9 Å². The summed E-state index contributed by atoms with van der Waals surface area (Å²) in [6.07, 6.45) is -3.90. The first kappa shape index (κ1) is 14.4. The normalized spacial score (nSPS) is 30.8. The van der Waals surface area contributed by atoms with Gasteiger partial charge in [0.1, 0.15) is 18.3 Å². The van der Waals surface area contributed by atoms with Gasteiger partial charge in [0.15, 0.2) is 12.2 Å². The van der Waals surface area contributed by atoms with Gasteiger partial charge in [-0.3, -0.25) is 4.90 Å². The third-order valence-corrected chi connectivity index (χ3v) is 2.43. The Hall–Kier alpha value is -1.68. The molecule has 0 spiro atoms. The van der Waals surface area contributed by atoms with E-state index >= 15 is 0 Å². The first-order valence-corrected chi connectivity index (χ1v) is 5.09. The summed E-state index contributed by atoms with van der Waals surface area (Å²) in [7, 11) is 0. The van der Waals surface area contributed by atoms with Crippen molar-refractivity contribution in [1.29, 1.82) is 0 Å². The van der Waals surface area contributed by atoms with Gasteiger partial charge in [0.25, 0.3) is 0 Å². The van der Waals surface area contributed by atoms with Crippen LogP contribution in [0.25, 0.3) is 0 Å². The lowest BCUT2D eigenvalue weighted by molar-refractivity contribution is -0.0638. The van der Waals surface area contributed by atoms with Crippen molar-refractivity contribution in [3.8, 4) is 0 Å². The molecule has 1 rings (SSSR count). The molecular weight excluding hydrogens is 244 g/mol. The number of nitrogens with zero attached hydrogens (tertiary/aromatic N) is 2. The van der Waals surface area contributed by atoms with Crippen molar-refractivity contribution in [2.24, 2.45) is 16.5 Å². The summed E-state index contributed by atoms with van der Waals surface area (Å²) in [6.45, 7) is 2.86. The number of hydrogen-bond donors (Lipinski definition) is 5. The average molecular weight is 260 g/mol. The Morgan fingerprint density at radius 1 is 1.44 bits per heavy atom. The van der Waals surface area contributed by atoms with E-state index < -0.39 is 43.1 Å². The quantitative estimate of drug-likeness (QED) is 0.272. The maximum atomic E-state index is 11.6. The third-order valence-electron chi connectivity index (χ3n) is 2.43. The van der Waals surface area contributed by atoms with E-state index in [1.165, 1.54) is 0 Å². The molecule has 1 saturated heterocycles. The van der Waals surface area contributed by atoms with E-state index in [1.54, 1.807) is 0 Å². The van der Waals surface area contributed by atoms with Crippen LogP contribution in [-0.2, 0) is 4.74 Å². The second kappa shape index (κ2) is 5.78. The topological polar surface area (TPSA) is 155 Å². The molecule has 0 bridgehead atoms. The van der Waals surface area contributed by atoms with Crippen LogP contribution in [0.3, 0.4) is 0 Å². The zero-order chi connectivity index (χ0) is 13.9. The lowest BCUT2D eigenvalue weighted by Crippen LogP contribution is -2.44. The van der Waals surface area contributed by atoms with Crippen LogP contribution in [0.4, 0.5) is 4.79 Å². The van der Waals surface area contributed by atoms with E-state index in [4.69, 9.17) is 21.3 Å². The average Bonchev–Trinajstić information content (AvgIpc) is 2.57. The van der Waals surface area contributed by atoms with Crippen molar-refractivity contribution in [3.63, 3.8) is 0 Å². The van der Waals surface area contributed by atoms with Crippen LogP contribution in [0.1, 0.15) is 0 Å². The summed E-state index contributed by atoms with van der Waals surface area (Å²) in [6, 6.07) is -0.903. The lowest BCUT2D eigenvalue weighted by atomic mass is 10.1. The number of aliphatic hydroxyl groups is 3. The van der Waals surface area contributed by atoms with Gasteiger partial charge in [-0.05, 0) is 0 Å². The van der Waals surface area contributed by atoms with Gasteiger partial charge in [-0.25, -0.2) is 4.79 Å². The molecule has 102 valence electrons. The third kappa shape index (κ3) is 2.76. The van der Waals surface area contributed by atoms with Gasteiger partial charge < -0.3 is 31.5 Å². The maximum absolute atomic E-state index is 11.6. The fourth-order valence-corrected chi connectivity index (χ4v) is 1.57. The van der Waals surface area contributed by atoms with Gasteiger partial charge in [0.2, 0.25) is 0 Å². The second-order valence-electron chi connectivity index (χ2n) is 3.64. The number of rotatable bonds is 3. The summed E-state index contributed by atoms with van der Waals surface area (Å²) in [4.78, 5) is 15.7. The van der Waals surface area contributed by atoms with E-state index in [2.05, 4.69) is 11.6 Å². The predicted octanol–water partition coefficient (Wildman–Crippen LogP) is -2.74. The van der Waals surface area contributed by atoms with Gasteiger partial charge in [-0.15, -0.1) is 0 Å². The van der Waals surface area contributed by atoms with E-state index in [1.807, 2.05) is 0 Å². The molecule has 0 radical (unpaired) electrons. The SMILES string of the molecule is C=CN(C(=O)N=C(N)N)[C@@H]1O[C@H](CO)C(O)C1O. The highest BCUT2D eigenvalue weighted by atomic mass is 16.6. The molecule has 2 unspecified atom stereocenters. The number of urea groups is 1. The molecule has 18 heavy (non-hydrogen) atoms. The fraction of sp³-hybridized carbons (Fsp3) is 0.556. The zero-order valence-electron chi connectivity index (χ0n) is 9.51. The molecule has 1 aliphatic heterocycles. The minimum absolute atomic E-state index is 0.460. The predicted molar refractivity (Wildman–Crippen MR) is 61.0 cm³/mol. The monoisotopic (exact) mass is 260 g/mol. The molecule has 1 heterocycles. The Labute approximate surface area is 103 Å². The molecule has 7 N–H and O–H groups in total. The molecule has 0 aromatic heterocycles. The number of aliphatic imine (C=N–C) groups is 1. The van der Waals surface area contributed by atoms with Gasteiger partial charge in [0.05, 0.1) is 6.61 Å². The van der Waals surface area contributed by atoms with E-state index in [9.17, 15) is 15.0 Å². The summed E-state index contributed by atoms with van der Waals surface area (Å²) in [5.74, 6) is -0.460. The fourth-order valence-electron chi connectivity index (χ4n) is 1.57. The number of hydrogen-bond acceptors (Lipinski definition) is 5. The Bertz CT molecular complexity index is 357. The van der Waals surface area contributed by atoms with E-state index in [0.29, 0.717) is 0 Å². The van der Waals surface area contributed by atoms with Crippen LogP contribution in [0.5, 0.6) is 0 Å². The Kier molecular flexibility index (Phi) is 4.62. The van der Waals surface area contributed by atoms with Crippen molar-refractivity contribution in [2.45, 2.75) is 24.5 Å². The number of guanidine groups is 1. The summed E-state index contributed by atoms with van der Waals surface area (Å²) < 4.78 is 5.12. The number of nitrogens with two attached hydrogens (primary N) is 2. The van der Waals surface area contributed by atoms with Crippen LogP contribution in [-0.4, -0.2) is 63.4 Å². The largest absolute Gasteiger partial charge is 0.394 e. The smallest absolute Gasteiger partial charge is 0.352 e. The van der Waals surface area contributed by atoms with Crippen molar-refractivity contribution in [2.75, 3.05) is 6.61 Å². The molecule has 1 fully saturated rings. The Morgan fingerprint density at radius 3 is 2.44 bits per heavy atom. The molecule has 0 aromatic carbocycles. The molecule has 0 saturated carbocycles. The summed E-state index contributed by atoms with van der Waals surface area (Å²) >= 11 is 0.